The van der Waals surface area contributed by atoms with Gasteiger partial charge in [0.15, 0.2) is 0 Å². The van der Waals surface area contributed by atoms with Crippen molar-refractivity contribution in [2.75, 3.05) is 26.0 Å². The lowest BCUT2D eigenvalue weighted by molar-refractivity contribution is 0.457. The molecule has 39 heavy (non-hydrogen) atoms. The van der Waals surface area contributed by atoms with Crippen molar-refractivity contribution in [3.05, 3.63) is 101 Å². The molecule has 1 aliphatic heterocycles. The van der Waals surface area contributed by atoms with Crippen LogP contribution in [0.15, 0.2) is 77.2 Å². The first-order valence-corrected chi connectivity index (χ1v) is 13.2. The van der Waals surface area contributed by atoms with Crippen molar-refractivity contribution in [3.8, 4) is 0 Å². The number of nitrogens with zero attached hydrogens (tertiary/aromatic N) is 5. The number of nitrogens with one attached hydrogen (secondary N) is 1. The van der Waals surface area contributed by atoms with Gasteiger partial charge in [-0.25, -0.2) is 14.4 Å². The summed E-state index contributed by atoms with van der Waals surface area (Å²) in [5.74, 6) is 0.259. The molecule has 4 aromatic rings. The minimum Gasteiger partial charge on any atom is -0.337 e. The van der Waals surface area contributed by atoms with Gasteiger partial charge < -0.3 is 10.2 Å². The molecule has 3 aromatic carbocycles. The normalized spacial score (nSPS) is 13.4. The van der Waals surface area contributed by atoms with Gasteiger partial charge in [-0.05, 0) is 92.0 Å². The second kappa shape index (κ2) is 11.7. The molecule has 1 aromatic heterocycles. The average molecular weight is 521 g/mol. The first-order chi connectivity index (χ1) is 18.9. The third-order valence-electron chi connectivity index (χ3n) is 6.76. The minimum atomic E-state index is -0.323. The van der Waals surface area contributed by atoms with E-state index >= 15 is 4.39 Å². The van der Waals surface area contributed by atoms with Crippen LogP contribution < -0.4 is 5.32 Å². The van der Waals surface area contributed by atoms with E-state index in [9.17, 15) is 0 Å². The highest BCUT2D eigenvalue weighted by molar-refractivity contribution is 6.14. The molecule has 0 fully saturated rings. The first-order valence-electron chi connectivity index (χ1n) is 13.2. The van der Waals surface area contributed by atoms with Gasteiger partial charge in [0.1, 0.15) is 18.0 Å². The standard InChI is InChI=1S/C32H33FN6/c1-5-24-19-31-27(18-25(24)10-7-13-39(3)4)32(35-20-34-31)36-29-12-11-23(17-28(29)33)15-22-8-6-9-26(16-22)30-14-21(2)37-38-30/h6-12,16-20H,5,13-15H2,1-4H3,(H,34,35,36)/b10-7+. The predicted octanol–water partition coefficient (Wildman–Crippen LogP) is 6.81. The van der Waals surface area contributed by atoms with E-state index in [0.717, 1.165) is 64.0 Å². The Balaban J connectivity index is 1.37. The van der Waals surface area contributed by atoms with E-state index in [1.54, 1.807) is 12.1 Å². The zero-order valence-corrected chi connectivity index (χ0v) is 22.9. The number of hydrogen-bond donors (Lipinski definition) is 1. The summed E-state index contributed by atoms with van der Waals surface area (Å²) < 4.78 is 15.3. The van der Waals surface area contributed by atoms with Gasteiger partial charge in [0, 0.05) is 24.1 Å². The van der Waals surface area contributed by atoms with Crippen molar-refractivity contribution in [2.45, 2.75) is 33.1 Å². The van der Waals surface area contributed by atoms with E-state index in [1.165, 1.54) is 11.9 Å². The van der Waals surface area contributed by atoms with Crippen molar-refractivity contribution in [3.63, 3.8) is 0 Å². The van der Waals surface area contributed by atoms with Crippen LogP contribution in [-0.2, 0) is 12.8 Å². The molecule has 0 aliphatic carbocycles. The van der Waals surface area contributed by atoms with Crippen molar-refractivity contribution < 1.29 is 4.39 Å². The Labute approximate surface area is 229 Å². The highest BCUT2D eigenvalue weighted by Gasteiger charge is 2.13. The number of fused-ring (bicyclic) bond motifs is 1. The Kier molecular flexibility index (Phi) is 7.89. The summed E-state index contributed by atoms with van der Waals surface area (Å²) in [6.07, 6.45) is 8.08. The zero-order valence-electron chi connectivity index (χ0n) is 22.9. The number of rotatable bonds is 9. The predicted molar refractivity (Wildman–Crippen MR) is 160 cm³/mol. The SMILES string of the molecule is CCc1cc2ncnc(Nc3ccc(Cc4cccc(C5=NN=C(C)C5)c4)cc3F)c2cc1/C=C/CN(C)C. The molecule has 198 valence electrons. The Morgan fingerprint density at radius 1 is 1.00 bits per heavy atom. The van der Waals surface area contributed by atoms with Gasteiger partial charge >= 0.3 is 0 Å². The number of anilines is 2. The van der Waals surface area contributed by atoms with Crippen molar-refractivity contribution >= 4 is 39.9 Å². The maximum Gasteiger partial charge on any atom is 0.146 e. The summed E-state index contributed by atoms with van der Waals surface area (Å²) in [7, 11) is 4.08. The van der Waals surface area contributed by atoms with Crippen LogP contribution in [0.5, 0.6) is 0 Å². The number of likely N-dealkylation sites (N-methyl/N-ethyl adjacent to an activating group) is 1. The molecule has 1 N–H and O–H groups in total. The number of aromatic nitrogens is 2. The molecule has 0 unspecified atom stereocenters. The van der Waals surface area contributed by atoms with E-state index in [1.807, 2.05) is 39.2 Å². The molecule has 6 nitrogen and oxygen atoms in total. The van der Waals surface area contributed by atoms with Crippen LogP contribution >= 0.6 is 0 Å². The lowest BCUT2D eigenvalue weighted by atomic mass is 9.99. The number of hydrogen-bond acceptors (Lipinski definition) is 6. The van der Waals surface area contributed by atoms with Crippen LogP contribution in [0.1, 0.15) is 48.1 Å². The van der Waals surface area contributed by atoms with Crippen LogP contribution in [0, 0.1) is 5.82 Å². The molecule has 1 aliphatic rings. The van der Waals surface area contributed by atoms with Crippen LogP contribution in [0.2, 0.25) is 0 Å². The second-order valence-corrected chi connectivity index (χ2v) is 10.2. The van der Waals surface area contributed by atoms with Crippen molar-refractivity contribution in [1.82, 2.24) is 14.9 Å². The summed E-state index contributed by atoms with van der Waals surface area (Å²) in [5, 5.41) is 12.5. The molecule has 5 rings (SSSR count). The van der Waals surface area contributed by atoms with Gasteiger partial charge in [-0.2, -0.15) is 10.2 Å². The molecule has 7 heteroatoms. The number of halogens is 1. The maximum absolute atomic E-state index is 15.3. The molecule has 0 amide bonds. The summed E-state index contributed by atoms with van der Waals surface area (Å²) in [6.45, 7) is 4.96. The van der Waals surface area contributed by atoms with Gasteiger partial charge in [0.2, 0.25) is 0 Å². The fourth-order valence-electron chi connectivity index (χ4n) is 4.73. The molecular weight excluding hydrogens is 487 g/mol. The summed E-state index contributed by atoms with van der Waals surface area (Å²) in [6, 6.07) is 17.7. The highest BCUT2D eigenvalue weighted by Crippen LogP contribution is 2.29. The second-order valence-electron chi connectivity index (χ2n) is 10.2. The van der Waals surface area contributed by atoms with Crippen LogP contribution in [0.25, 0.3) is 17.0 Å². The van der Waals surface area contributed by atoms with Crippen LogP contribution in [-0.4, -0.2) is 46.9 Å². The quantitative estimate of drug-likeness (QED) is 0.263. The molecule has 0 atom stereocenters. The Bertz CT molecular complexity index is 1600. The summed E-state index contributed by atoms with van der Waals surface area (Å²) in [4.78, 5) is 11.0. The topological polar surface area (TPSA) is 65.8 Å². The fraction of sp³-hybridized carbons (Fsp3) is 0.250. The van der Waals surface area contributed by atoms with E-state index in [4.69, 9.17) is 0 Å². The highest BCUT2D eigenvalue weighted by atomic mass is 19.1. The lowest BCUT2D eigenvalue weighted by Gasteiger charge is -2.13. The van der Waals surface area contributed by atoms with Crippen molar-refractivity contribution in [2.24, 2.45) is 10.2 Å². The third-order valence-corrected chi connectivity index (χ3v) is 6.76. The minimum absolute atomic E-state index is 0.323. The third kappa shape index (κ3) is 6.26. The van der Waals surface area contributed by atoms with Gasteiger partial charge in [-0.1, -0.05) is 43.3 Å². The van der Waals surface area contributed by atoms with E-state index in [0.29, 0.717) is 17.9 Å². The molecule has 0 saturated heterocycles. The van der Waals surface area contributed by atoms with Gasteiger partial charge in [0.25, 0.3) is 0 Å². The molecule has 0 radical (unpaired) electrons. The summed E-state index contributed by atoms with van der Waals surface area (Å²) >= 11 is 0. The van der Waals surface area contributed by atoms with Crippen LogP contribution in [0.4, 0.5) is 15.9 Å². The first kappa shape index (κ1) is 26.4. The Morgan fingerprint density at radius 3 is 2.59 bits per heavy atom. The largest absolute Gasteiger partial charge is 0.337 e. The van der Waals surface area contributed by atoms with E-state index < -0.39 is 0 Å². The Morgan fingerprint density at radius 2 is 1.85 bits per heavy atom. The van der Waals surface area contributed by atoms with E-state index in [-0.39, 0.29) is 5.82 Å². The van der Waals surface area contributed by atoms with Crippen LogP contribution in [0.3, 0.4) is 0 Å². The van der Waals surface area contributed by atoms with E-state index in [2.05, 4.69) is 73.7 Å². The molecule has 0 bridgehead atoms. The molecule has 2 heterocycles. The molecule has 0 saturated carbocycles. The van der Waals surface area contributed by atoms with Crippen molar-refractivity contribution in [1.29, 1.82) is 0 Å². The average Bonchev–Trinajstić information content (AvgIpc) is 3.36. The van der Waals surface area contributed by atoms with Gasteiger partial charge in [0.05, 0.1) is 16.9 Å². The Hall–Kier alpha value is -4.23. The smallest absolute Gasteiger partial charge is 0.146 e. The molecule has 0 spiro atoms. The monoisotopic (exact) mass is 520 g/mol. The summed E-state index contributed by atoms with van der Waals surface area (Å²) in [5.41, 5.74) is 8.58. The van der Waals surface area contributed by atoms with Gasteiger partial charge in [-0.3, -0.25) is 0 Å². The number of benzene rings is 3. The fourth-order valence-corrected chi connectivity index (χ4v) is 4.73. The number of aryl methyl sites for hydroxylation is 1. The zero-order chi connectivity index (χ0) is 27.4. The maximum atomic E-state index is 15.3. The van der Waals surface area contributed by atoms with Gasteiger partial charge in [-0.15, -0.1) is 0 Å². The molecular formula is C32H33FN6. The lowest BCUT2D eigenvalue weighted by Crippen LogP contribution is -2.10.